The molecule has 0 amide bonds. The first-order valence-corrected chi connectivity index (χ1v) is 10.1. The molecule has 3 aromatic rings. The molecular formula is C22H19ClN2O2S. The number of ketones is 1. The first kappa shape index (κ1) is 20.1. The van der Waals surface area contributed by atoms with Crippen LogP contribution in [0, 0.1) is 25.2 Å². The number of ether oxygens (including phenoxy) is 1. The molecule has 28 heavy (non-hydrogen) atoms. The number of benzene rings is 2. The van der Waals surface area contributed by atoms with Gasteiger partial charge in [-0.2, -0.15) is 5.26 Å². The summed E-state index contributed by atoms with van der Waals surface area (Å²) in [5, 5.41) is 12.6. The average molecular weight is 411 g/mol. The molecule has 0 saturated heterocycles. The van der Waals surface area contributed by atoms with Crippen molar-refractivity contribution in [2.75, 3.05) is 6.61 Å². The van der Waals surface area contributed by atoms with Crippen molar-refractivity contribution in [1.82, 2.24) is 4.98 Å². The van der Waals surface area contributed by atoms with E-state index in [0.717, 1.165) is 16.8 Å². The van der Waals surface area contributed by atoms with Gasteiger partial charge in [-0.25, -0.2) is 4.98 Å². The maximum absolute atomic E-state index is 12.5. The predicted octanol–water partition coefficient (Wildman–Crippen LogP) is 5.73. The van der Waals surface area contributed by atoms with Crippen LogP contribution < -0.4 is 4.74 Å². The molecule has 0 aliphatic heterocycles. The average Bonchev–Trinajstić information content (AvgIpc) is 3.15. The minimum Gasteiger partial charge on any atom is -0.493 e. The lowest BCUT2D eigenvalue weighted by Crippen LogP contribution is -2.14. The molecule has 1 aromatic heterocycles. The van der Waals surface area contributed by atoms with Crippen LogP contribution in [-0.2, 0) is 4.79 Å². The number of nitrogens with zero attached hydrogens (tertiary/aromatic N) is 2. The van der Waals surface area contributed by atoms with Gasteiger partial charge >= 0.3 is 0 Å². The molecular weight excluding hydrogens is 392 g/mol. The number of hydrogen-bond acceptors (Lipinski definition) is 5. The highest BCUT2D eigenvalue weighted by atomic mass is 35.5. The van der Waals surface area contributed by atoms with Crippen molar-refractivity contribution in [3.05, 3.63) is 69.0 Å². The summed E-state index contributed by atoms with van der Waals surface area (Å²) >= 11 is 7.33. The number of carbonyl (C=O) groups is 1. The number of hydrogen-bond donors (Lipinski definition) is 0. The number of carbonyl (C=O) groups excluding carboxylic acids is 1. The van der Waals surface area contributed by atoms with Crippen LogP contribution in [0.5, 0.6) is 5.75 Å². The molecule has 1 atom stereocenters. The van der Waals surface area contributed by atoms with Crippen LogP contribution in [0.25, 0.3) is 11.3 Å². The zero-order valence-electron chi connectivity index (χ0n) is 15.6. The van der Waals surface area contributed by atoms with Gasteiger partial charge in [0.25, 0.3) is 0 Å². The Labute approximate surface area is 173 Å². The number of halogens is 1. The Kier molecular flexibility index (Phi) is 6.45. The van der Waals surface area contributed by atoms with Gasteiger partial charge in [-0.05, 0) is 37.6 Å². The fraction of sp³-hybridized carbons (Fsp3) is 0.227. The van der Waals surface area contributed by atoms with E-state index < -0.39 is 5.92 Å². The number of nitriles is 1. The Morgan fingerprint density at radius 3 is 2.68 bits per heavy atom. The Hall–Kier alpha value is -2.68. The molecule has 142 valence electrons. The summed E-state index contributed by atoms with van der Waals surface area (Å²) in [6.45, 7) is 4.11. The lowest BCUT2D eigenvalue weighted by atomic mass is 10.0. The van der Waals surface area contributed by atoms with E-state index in [2.05, 4.69) is 11.1 Å². The summed E-state index contributed by atoms with van der Waals surface area (Å²) in [4.78, 5) is 17.0. The second kappa shape index (κ2) is 9.01. The van der Waals surface area contributed by atoms with Gasteiger partial charge in [-0.1, -0.05) is 41.4 Å². The molecule has 6 heteroatoms. The smallest absolute Gasteiger partial charge is 0.160 e. The van der Waals surface area contributed by atoms with Gasteiger partial charge in [0.1, 0.15) is 10.8 Å². The molecule has 0 fully saturated rings. The van der Waals surface area contributed by atoms with Crippen LogP contribution >= 0.6 is 22.9 Å². The van der Waals surface area contributed by atoms with Crippen molar-refractivity contribution in [1.29, 1.82) is 5.26 Å². The van der Waals surface area contributed by atoms with Crippen LogP contribution in [-0.4, -0.2) is 17.4 Å². The molecule has 0 N–H and O–H groups in total. The molecule has 0 bridgehead atoms. The van der Waals surface area contributed by atoms with Crippen molar-refractivity contribution in [3.63, 3.8) is 0 Å². The van der Waals surface area contributed by atoms with Crippen LogP contribution in [0.3, 0.4) is 0 Å². The Morgan fingerprint density at radius 2 is 2.00 bits per heavy atom. The lowest BCUT2D eigenvalue weighted by Gasteiger charge is -2.09. The minimum atomic E-state index is -0.875. The second-order valence-corrected chi connectivity index (χ2v) is 7.77. The third-order valence-electron chi connectivity index (χ3n) is 4.31. The zero-order valence-corrected chi connectivity index (χ0v) is 17.2. The van der Waals surface area contributed by atoms with E-state index in [1.165, 1.54) is 16.9 Å². The maximum atomic E-state index is 12.5. The van der Waals surface area contributed by atoms with Crippen molar-refractivity contribution in [2.24, 2.45) is 0 Å². The first-order chi connectivity index (χ1) is 13.5. The molecule has 3 rings (SSSR count). The largest absolute Gasteiger partial charge is 0.493 e. The summed E-state index contributed by atoms with van der Waals surface area (Å²) in [5.74, 6) is -0.420. The van der Waals surface area contributed by atoms with Gasteiger partial charge in [0.2, 0.25) is 0 Å². The molecule has 1 heterocycles. The van der Waals surface area contributed by atoms with Crippen molar-refractivity contribution in [3.8, 4) is 23.1 Å². The topological polar surface area (TPSA) is 63.0 Å². The molecule has 2 aromatic carbocycles. The summed E-state index contributed by atoms with van der Waals surface area (Å²) in [5.41, 5.74) is 3.83. The summed E-state index contributed by atoms with van der Waals surface area (Å²) < 4.78 is 5.62. The Balaban J connectivity index is 1.63. The fourth-order valence-electron chi connectivity index (χ4n) is 2.66. The van der Waals surface area contributed by atoms with Crippen molar-refractivity contribution < 1.29 is 9.53 Å². The van der Waals surface area contributed by atoms with Gasteiger partial charge < -0.3 is 4.74 Å². The van der Waals surface area contributed by atoms with E-state index in [0.29, 0.717) is 15.8 Å². The number of rotatable bonds is 7. The second-order valence-electron chi connectivity index (χ2n) is 6.47. The van der Waals surface area contributed by atoms with E-state index in [1.54, 1.807) is 12.1 Å². The Morgan fingerprint density at radius 1 is 1.25 bits per heavy atom. The highest BCUT2D eigenvalue weighted by Gasteiger charge is 2.23. The standard InChI is InChI=1S/C22H19ClN2O2S/c1-14-3-5-16(6-4-14)20-13-28-22(25-20)18(12-24)21(26)9-10-27-17-7-8-19(23)15(2)11-17/h3-8,11,13,18H,9-10H2,1-2H3. The van der Waals surface area contributed by atoms with E-state index in [4.69, 9.17) is 16.3 Å². The molecule has 1 unspecified atom stereocenters. The van der Waals surface area contributed by atoms with E-state index in [1.807, 2.05) is 49.6 Å². The molecule has 0 radical (unpaired) electrons. The third kappa shape index (κ3) is 4.78. The SMILES string of the molecule is Cc1ccc(-c2csc(C(C#N)C(=O)CCOc3ccc(Cl)c(C)c3)n2)cc1. The quantitative estimate of drug-likeness (QED) is 0.499. The van der Waals surface area contributed by atoms with Crippen LogP contribution in [0.1, 0.15) is 28.5 Å². The number of aromatic nitrogens is 1. The van der Waals surface area contributed by atoms with Gasteiger partial charge in [0.05, 0.1) is 18.4 Å². The molecule has 0 spiro atoms. The Bertz CT molecular complexity index is 1020. The van der Waals surface area contributed by atoms with Gasteiger partial charge in [-0.3, -0.25) is 4.79 Å². The van der Waals surface area contributed by atoms with Crippen molar-refractivity contribution in [2.45, 2.75) is 26.2 Å². The highest BCUT2D eigenvalue weighted by Crippen LogP contribution is 2.28. The minimum absolute atomic E-state index is 0.138. The van der Waals surface area contributed by atoms with E-state index in [-0.39, 0.29) is 18.8 Å². The maximum Gasteiger partial charge on any atom is 0.160 e. The normalized spacial score (nSPS) is 11.6. The molecule has 0 aliphatic carbocycles. The summed E-state index contributed by atoms with van der Waals surface area (Å²) in [6, 6.07) is 15.4. The number of thiazole rings is 1. The zero-order chi connectivity index (χ0) is 20.1. The number of aryl methyl sites for hydroxylation is 2. The summed E-state index contributed by atoms with van der Waals surface area (Å²) in [6.07, 6.45) is 0.138. The van der Waals surface area contributed by atoms with E-state index in [9.17, 15) is 10.1 Å². The van der Waals surface area contributed by atoms with Gasteiger partial charge in [0.15, 0.2) is 11.7 Å². The molecule has 4 nitrogen and oxygen atoms in total. The molecule has 0 saturated carbocycles. The van der Waals surface area contributed by atoms with Crippen molar-refractivity contribution >= 4 is 28.7 Å². The number of Topliss-reactive ketones (excluding diaryl/α,β-unsaturated/α-hetero) is 1. The molecule has 0 aliphatic rings. The summed E-state index contributed by atoms with van der Waals surface area (Å²) in [7, 11) is 0. The van der Waals surface area contributed by atoms with Gasteiger partial charge in [0, 0.05) is 22.4 Å². The van der Waals surface area contributed by atoms with Gasteiger partial charge in [-0.15, -0.1) is 11.3 Å². The predicted molar refractivity (Wildman–Crippen MR) is 112 cm³/mol. The van der Waals surface area contributed by atoms with Crippen LogP contribution in [0.4, 0.5) is 0 Å². The van der Waals surface area contributed by atoms with Crippen LogP contribution in [0.15, 0.2) is 47.8 Å². The monoisotopic (exact) mass is 410 g/mol. The first-order valence-electron chi connectivity index (χ1n) is 8.81. The van der Waals surface area contributed by atoms with E-state index >= 15 is 0 Å². The van der Waals surface area contributed by atoms with Crippen LogP contribution in [0.2, 0.25) is 5.02 Å². The fourth-order valence-corrected chi connectivity index (χ4v) is 3.67. The lowest BCUT2D eigenvalue weighted by molar-refractivity contribution is -0.119. The third-order valence-corrected chi connectivity index (χ3v) is 5.65. The highest BCUT2D eigenvalue weighted by molar-refractivity contribution is 7.10.